The number of hydrogen-bond donors (Lipinski definition) is 2. The zero-order valence-corrected chi connectivity index (χ0v) is 15.8. The molecule has 0 bridgehead atoms. The molecule has 2 rings (SSSR count). The second kappa shape index (κ2) is 10.7. The number of carbonyl (C=O) groups excluding carboxylic acids is 2. The van der Waals surface area contributed by atoms with E-state index in [1.165, 1.54) is 30.3 Å². The molecule has 7 heteroatoms. The summed E-state index contributed by atoms with van der Waals surface area (Å²) in [5.41, 5.74) is 5.49. The standard InChI is InChI=1S/C21H23FN2O4/c1-3-4-13-28-18-11-5-15(14-19(18)27-2)6-12-20(25)23-24-21(26)16-7-9-17(22)10-8-16/h5-12,14H,3-4,13H2,1-2H3,(H,23,25)(H,24,26)/b12-6+. The number of carbonyl (C=O) groups is 2. The molecule has 6 nitrogen and oxygen atoms in total. The van der Waals surface area contributed by atoms with E-state index in [2.05, 4.69) is 17.8 Å². The van der Waals surface area contributed by atoms with E-state index in [1.807, 2.05) is 0 Å². The Morgan fingerprint density at radius 1 is 1.07 bits per heavy atom. The lowest BCUT2D eigenvalue weighted by molar-refractivity contribution is -0.117. The summed E-state index contributed by atoms with van der Waals surface area (Å²) in [7, 11) is 1.55. The van der Waals surface area contributed by atoms with Crippen LogP contribution in [-0.4, -0.2) is 25.5 Å². The van der Waals surface area contributed by atoms with Crippen molar-refractivity contribution in [3.05, 3.63) is 65.5 Å². The SMILES string of the molecule is CCCCOc1ccc(/C=C/C(=O)NNC(=O)c2ccc(F)cc2)cc1OC. The Balaban J connectivity index is 1.90. The summed E-state index contributed by atoms with van der Waals surface area (Å²) in [6.07, 6.45) is 4.85. The minimum atomic E-state index is -0.544. The number of amides is 2. The van der Waals surface area contributed by atoms with Crippen LogP contribution in [0.25, 0.3) is 6.08 Å². The molecule has 148 valence electrons. The quantitative estimate of drug-likeness (QED) is 0.414. The van der Waals surface area contributed by atoms with Gasteiger partial charge in [-0.05, 0) is 54.5 Å². The maximum atomic E-state index is 12.9. The van der Waals surface area contributed by atoms with E-state index in [-0.39, 0.29) is 5.56 Å². The monoisotopic (exact) mass is 386 g/mol. The molecular weight excluding hydrogens is 363 g/mol. The smallest absolute Gasteiger partial charge is 0.269 e. The highest BCUT2D eigenvalue weighted by molar-refractivity contribution is 5.97. The van der Waals surface area contributed by atoms with Gasteiger partial charge in [0.25, 0.3) is 11.8 Å². The second-order valence-corrected chi connectivity index (χ2v) is 5.90. The van der Waals surface area contributed by atoms with E-state index >= 15 is 0 Å². The van der Waals surface area contributed by atoms with Crippen LogP contribution >= 0.6 is 0 Å². The zero-order chi connectivity index (χ0) is 20.4. The van der Waals surface area contributed by atoms with Crippen molar-refractivity contribution in [1.82, 2.24) is 10.9 Å². The van der Waals surface area contributed by atoms with Crippen LogP contribution in [0.2, 0.25) is 0 Å². The van der Waals surface area contributed by atoms with Gasteiger partial charge in [-0.25, -0.2) is 4.39 Å². The van der Waals surface area contributed by atoms with E-state index in [4.69, 9.17) is 9.47 Å². The summed E-state index contributed by atoms with van der Waals surface area (Å²) in [6, 6.07) is 10.3. The number of benzene rings is 2. The molecule has 0 spiro atoms. The van der Waals surface area contributed by atoms with E-state index in [1.54, 1.807) is 31.4 Å². The van der Waals surface area contributed by atoms with Crippen molar-refractivity contribution >= 4 is 17.9 Å². The lowest BCUT2D eigenvalue weighted by Crippen LogP contribution is -2.40. The average Bonchev–Trinajstić information content (AvgIpc) is 2.71. The van der Waals surface area contributed by atoms with Gasteiger partial charge in [-0.15, -0.1) is 0 Å². The van der Waals surface area contributed by atoms with Gasteiger partial charge in [-0.3, -0.25) is 20.4 Å². The topological polar surface area (TPSA) is 76.7 Å². The fraction of sp³-hybridized carbons (Fsp3) is 0.238. The Labute approximate surface area is 163 Å². The molecule has 0 saturated carbocycles. The molecule has 2 amide bonds. The van der Waals surface area contributed by atoms with Gasteiger partial charge in [0.05, 0.1) is 13.7 Å². The van der Waals surface area contributed by atoms with Crippen LogP contribution < -0.4 is 20.3 Å². The van der Waals surface area contributed by atoms with Gasteiger partial charge in [-0.2, -0.15) is 0 Å². The molecule has 0 saturated heterocycles. The summed E-state index contributed by atoms with van der Waals surface area (Å²) in [4.78, 5) is 23.7. The van der Waals surface area contributed by atoms with Gasteiger partial charge < -0.3 is 9.47 Å². The van der Waals surface area contributed by atoms with Crippen molar-refractivity contribution in [2.24, 2.45) is 0 Å². The Kier molecular flexibility index (Phi) is 8.02. The first-order valence-corrected chi connectivity index (χ1v) is 8.88. The molecule has 0 aliphatic rings. The van der Waals surface area contributed by atoms with Crippen LogP contribution in [0, 0.1) is 5.82 Å². The number of ether oxygens (including phenoxy) is 2. The largest absolute Gasteiger partial charge is 0.493 e. The minimum absolute atomic E-state index is 0.231. The summed E-state index contributed by atoms with van der Waals surface area (Å²) >= 11 is 0. The van der Waals surface area contributed by atoms with Crippen LogP contribution in [0.15, 0.2) is 48.5 Å². The molecular formula is C21H23FN2O4. The predicted octanol–water partition coefficient (Wildman–Crippen LogP) is 3.49. The van der Waals surface area contributed by atoms with Gasteiger partial charge in [-0.1, -0.05) is 19.4 Å². The average molecular weight is 386 g/mol. The zero-order valence-electron chi connectivity index (χ0n) is 15.8. The summed E-state index contributed by atoms with van der Waals surface area (Å²) in [6.45, 7) is 2.69. The molecule has 0 fully saturated rings. The fourth-order valence-electron chi connectivity index (χ4n) is 2.24. The lowest BCUT2D eigenvalue weighted by Gasteiger charge is -2.11. The van der Waals surface area contributed by atoms with Crippen molar-refractivity contribution in [1.29, 1.82) is 0 Å². The van der Waals surface area contributed by atoms with Crippen molar-refractivity contribution in [2.75, 3.05) is 13.7 Å². The minimum Gasteiger partial charge on any atom is -0.493 e. The van der Waals surface area contributed by atoms with Gasteiger partial charge in [0.15, 0.2) is 11.5 Å². The number of halogens is 1. The number of unbranched alkanes of at least 4 members (excludes halogenated alkanes) is 1. The van der Waals surface area contributed by atoms with Gasteiger partial charge in [0, 0.05) is 11.6 Å². The predicted molar refractivity (Wildman–Crippen MR) is 104 cm³/mol. The molecule has 2 aromatic carbocycles. The number of rotatable bonds is 8. The number of nitrogens with one attached hydrogen (secondary N) is 2. The molecule has 0 unspecified atom stereocenters. The first-order valence-electron chi connectivity index (χ1n) is 8.88. The van der Waals surface area contributed by atoms with E-state index in [0.29, 0.717) is 18.1 Å². The first-order chi connectivity index (χ1) is 13.5. The van der Waals surface area contributed by atoms with E-state index < -0.39 is 17.6 Å². The summed E-state index contributed by atoms with van der Waals surface area (Å²) in [5.74, 6) is -0.289. The maximum Gasteiger partial charge on any atom is 0.269 e. The number of hydrazine groups is 1. The Bertz CT molecular complexity index is 835. The van der Waals surface area contributed by atoms with Gasteiger partial charge >= 0.3 is 0 Å². The van der Waals surface area contributed by atoms with Crippen molar-refractivity contribution in [3.63, 3.8) is 0 Å². The second-order valence-electron chi connectivity index (χ2n) is 5.90. The Morgan fingerprint density at radius 3 is 2.50 bits per heavy atom. The Morgan fingerprint density at radius 2 is 1.82 bits per heavy atom. The molecule has 0 radical (unpaired) electrons. The molecule has 0 heterocycles. The Hall–Kier alpha value is -3.35. The normalized spacial score (nSPS) is 10.5. The molecule has 0 aliphatic heterocycles. The van der Waals surface area contributed by atoms with Crippen molar-refractivity contribution in [3.8, 4) is 11.5 Å². The fourth-order valence-corrected chi connectivity index (χ4v) is 2.24. The maximum absolute atomic E-state index is 12.9. The molecule has 28 heavy (non-hydrogen) atoms. The van der Waals surface area contributed by atoms with Crippen molar-refractivity contribution in [2.45, 2.75) is 19.8 Å². The molecule has 0 aliphatic carbocycles. The third kappa shape index (κ3) is 6.42. The van der Waals surface area contributed by atoms with Gasteiger partial charge in [0.1, 0.15) is 5.82 Å². The highest BCUT2D eigenvalue weighted by atomic mass is 19.1. The third-order valence-electron chi connectivity index (χ3n) is 3.78. The molecule has 2 aromatic rings. The lowest BCUT2D eigenvalue weighted by atomic mass is 10.2. The van der Waals surface area contributed by atoms with Crippen molar-refractivity contribution < 1.29 is 23.5 Å². The molecule has 0 aromatic heterocycles. The van der Waals surface area contributed by atoms with E-state index in [9.17, 15) is 14.0 Å². The highest BCUT2D eigenvalue weighted by Crippen LogP contribution is 2.28. The molecule has 2 N–H and O–H groups in total. The number of methoxy groups -OCH3 is 1. The van der Waals surface area contributed by atoms with Crippen LogP contribution in [0.4, 0.5) is 4.39 Å². The highest BCUT2D eigenvalue weighted by Gasteiger charge is 2.07. The van der Waals surface area contributed by atoms with Crippen LogP contribution in [-0.2, 0) is 4.79 Å². The van der Waals surface area contributed by atoms with Crippen LogP contribution in [0.1, 0.15) is 35.7 Å². The molecule has 0 atom stereocenters. The van der Waals surface area contributed by atoms with E-state index in [0.717, 1.165) is 18.4 Å². The first kappa shape index (κ1) is 21.0. The summed E-state index contributed by atoms with van der Waals surface area (Å²) in [5, 5.41) is 0. The van der Waals surface area contributed by atoms with Crippen LogP contribution in [0.5, 0.6) is 11.5 Å². The summed E-state index contributed by atoms with van der Waals surface area (Å²) < 4.78 is 23.8. The van der Waals surface area contributed by atoms with Crippen LogP contribution in [0.3, 0.4) is 0 Å². The third-order valence-corrected chi connectivity index (χ3v) is 3.78. The van der Waals surface area contributed by atoms with Gasteiger partial charge in [0.2, 0.25) is 0 Å². The number of hydrogen-bond acceptors (Lipinski definition) is 4.